The Kier molecular flexibility index (Phi) is 15.9. The average Bonchev–Trinajstić information content (AvgIpc) is 3.38. The van der Waals surface area contributed by atoms with Crippen LogP contribution in [-0.4, -0.2) is 82.2 Å². The van der Waals surface area contributed by atoms with E-state index in [4.69, 9.17) is 56.8 Å². The lowest BCUT2D eigenvalue weighted by molar-refractivity contribution is -0.394. The van der Waals surface area contributed by atoms with E-state index < -0.39 is 67.7 Å². The van der Waals surface area contributed by atoms with Gasteiger partial charge in [-0.3, -0.25) is 0 Å². The van der Waals surface area contributed by atoms with Crippen LogP contribution in [0.4, 0.5) is 0 Å². The van der Waals surface area contributed by atoms with Crippen LogP contribution in [0, 0.1) is 0 Å². The predicted octanol–water partition coefficient (Wildman–Crippen LogP) is 9.39. The van der Waals surface area contributed by atoms with Crippen LogP contribution in [0.1, 0.15) is 41.0 Å². The molecule has 11 atom stereocenters. The quantitative estimate of drug-likeness (QED) is 0.0773. The van der Waals surface area contributed by atoms with Crippen LogP contribution in [0.15, 0.2) is 170 Å². The summed E-state index contributed by atoms with van der Waals surface area (Å²) in [6.07, 6.45) is -8.33. The van der Waals surface area contributed by atoms with Crippen molar-refractivity contribution in [2.45, 2.75) is 101 Å². The molecule has 0 aliphatic carbocycles. The molecule has 6 aromatic rings. The van der Waals surface area contributed by atoms with Gasteiger partial charge in [0.2, 0.25) is 6.29 Å². The van der Waals surface area contributed by atoms with Gasteiger partial charge >= 0.3 is 0 Å². The molecule has 6 aromatic carbocycles. The third-order valence-corrected chi connectivity index (χ3v) is 12.1. The lowest BCUT2D eigenvalue weighted by Crippen LogP contribution is -2.67. The monoisotopic (exact) mass is 910 g/mol. The molecule has 3 aliphatic rings. The normalized spacial score (nSPS) is 27.1. The SMILES string of the molecule is COc1ccc(CO[C@@H]2[C@@H](OCc3ccccc3)[C@H](O[C@@H]3[C@@H](OCc4ccccc4)[C@H](C)O[C@@H](Oc4ccc(OC)cc4)[C@@H]3OCc3ccccc3)O[C@@H]3CO[C@@H](c4ccccc4)O[C@@H]23)cc1. The summed E-state index contributed by atoms with van der Waals surface area (Å²) in [6.45, 7) is 3.16. The first kappa shape index (κ1) is 46.5. The second-order valence-corrected chi connectivity index (χ2v) is 16.7. The van der Waals surface area contributed by atoms with Crippen LogP contribution < -0.4 is 14.2 Å². The maximum absolute atomic E-state index is 7.40. The molecule has 3 saturated heterocycles. The van der Waals surface area contributed by atoms with Crippen molar-refractivity contribution in [3.8, 4) is 17.2 Å². The fourth-order valence-corrected chi connectivity index (χ4v) is 8.59. The maximum Gasteiger partial charge on any atom is 0.229 e. The first-order valence-corrected chi connectivity index (χ1v) is 22.8. The zero-order chi connectivity index (χ0) is 45.8. The van der Waals surface area contributed by atoms with E-state index in [1.54, 1.807) is 14.2 Å². The number of rotatable bonds is 19. The van der Waals surface area contributed by atoms with Crippen molar-refractivity contribution < 1.29 is 56.8 Å². The van der Waals surface area contributed by atoms with Gasteiger partial charge in [0, 0.05) is 5.56 Å². The van der Waals surface area contributed by atoms with E-state index in [0.717, 1.165) is 33.6 Å². The van der Waals surface area contributed by atoms with Gasteiger partial charge in [0.05, 0.1) is 53.4 Å². The molecular weight excluding hydrogens is 853 g/mol. The Balaban J connectivity index is 1.09. The molecule has 0 bridgehead atoms. The lowest BCUT2D eigenvalue weighted by atomic mass is 9.95. The van der Waals surface area contributed by atoms with Crippen molar-refractivity contribution >= 4 is 0 Å². The second kappa shape index (κ2) is 22.9. The molecular formula is C55H58O12. The summed E-state index contributed by atoms with van der Waals surface area (Å²) in [5.41, 5.74) is 4.74. The third kappa shape index (κ3) is 11.9. The van der Waals surface area contributed by atoms with Crippen molar-refractivity contribution in [1.82, 2.24) is 0 Å². The van der Waals surface area contributed by atoms with Crippen molar-refractivity contribution in [3.05, 3.63) is 198 Å². The smallest absolute Gasteiger partial charge is 0.229 e. The van der Waals surface area contributed by atoms with Crippen molar-refractivity contribution in [2.75, 3.05) is 20.8 Å². The van der Waals surface area contributed by atoms with Crippen molar-refractivity contribution in [2.24, 2.45) is 0 Å². The number of hydrogen-bond donors (Lipinski definition) is 0. The number of benzene rings is 6. The van der Waals surface area contributed by atoms with Crippen molar-refractivity contribution in [1.29, 1.82) is 0 Å². The summed E-state index contributed by atoms with van der Waals surface area (Å²) in [5, 5.41) is 0. The minimum atomic E-state index is -1.05. The van der Waals surface area contributed by atoms with E-state index in [9.17, 15) is 0 Å². The summed E-state index contributed by atoms with van der Waals surface area (Å²) in [7, 11) is 3.27. The van der Waals surface area contributed by atoms with E-state index in [1.165, 1.54) is 0 Å². The Bertz CT molecular complexity index is 2360. The minimum absolute atomic E-state index is 0.202. The molecule has 9 rings (SSSR count). The molecule has 0 saturated carbocycles. The molecule has 3 fully saturated rings. The summed E-state index contributed by atoms with van der Waals surface area (Å²) in [5.74, 6) is 2.01. The van der Waals surface area contributed by atoms with Crippen LogP contribution >= 0.6 is 0 Å². The molecule has 0 amide bonds. The van der Waals surface area contributed by atoms with E-state index >= 15 is 0 Å². The average molecular weight is 911 g/mol. The van der Waals surface area contributed by atoms with Crippen LogP contribution in [-0.2, 0) is 69.1 Å². The highest BCUT2D eigenvalue weighted by atomic mass is 16.8. The Labute approximate surface area is 392 Å². The van der Waals surface area contributed by atoms with Gasteiger partial charge < -0.3 is 56.8 Å². The fourth-order valence-electron chi connectivity index (χ4n) is 8.59. The van der Waals surface area contributed by atoms with Gasteiger partial charge in [-0.2, -0.15) is 0 Å². The topological polar surface area (TPSA) is 111 Å². The molecule has 3 aliphatic heterocycles. The minimum Gasteiger partial charge on any atom is -0.497 e. The predicted molar refractivity (Wildman–Crippen MR) is 248 cm³/mol. The van der Waals surface area contributed by atoms with E-state index in [0.29, 0.717) is 11.5 Å². The third-order valence-electron chi connectivity index (χ3n) is 12.1. The first-order chi connectivity index (χ1) is 33.0. The van der Waals surface area contributed by atoms with Crippen LogP contribution in [0.5, 0.6) is 17.2 Å². The van der Waals surface area contributed by atoms with Gasteiger partial charge in [0.1, 0.15) is 60.0 Å². The molecule has 12 nitrogen and oxygen atoms in total. The molecule has 0 radical (unpaired) electrons. The van der Waals surface area contributed by atoms with Gasteiger partial charge in [-0.1, -0.05) is 133 Å². The fraction of sp³-hybridized carbons (Fsp3) is 0.345. The number of methoxy groups -OCH3 is 2. The van der Waals surface area contributed by atoms with E-state index in [2.05, 4.69) is 0 Å². The molecule has 0 aromatic heterocycles. The Hall–Kier alpha value is -5.64. The number of hydrogen-bond acceptors (Lipinski definition) is 12. The van der Waals surface area contributed by atoms with Gasteiger partial charge in [-0.15, -0.1) is 0 Å². The molecule has 0 unspecified atom stereocenters. The largest absolute Gasteiger partial charge is 0.497 e. The Morgan fingerprint density at radius 3 is 1.42 bits per heavy atom. The maximum atomic E-state index is 7.40. The first-order valence-electron chi connectivity index (χ1n) is 22.8. The van der Waals surface area contributed by atoms with Crippen molar-refractivity contribution in [3.63, 3.8) is 0 Å². The van der Waals surface area contributed by atoms with Crippen LogP contribution in [0.25, 0.3) is 0 Å². The highest BCUT2D eigenvalue weighted by Gasteiger charge is 2.56. The van der Waals surface area contributed by atoms with E-state index in [-0.39, 0.29) is 33.0 Å². The molecule has 350 valence electrons. The Morgan fingerprint density at radius 2 is 0.881 bits per heavy atom. The summed E-state index contributed by atoms with van der Waals surface area (Å²) in [6, 6.07) is 55.0. The van der Waals surface area contributed by atoms with Gasteiger partial charge in [-0.25, -0.2) is 0 Å². The lowest BCUT2D eigenvalue weighted by Gasteiger charge is -2.51. The molecule has 3 heterocycles. The summed E-state index contributed by atoms with van der Waals surface area (Å²) in [4.78, 5) is 0. The van der Waals surface area contributed by atoms with Crippen LogP contribution in [0.3, 0.4) is 0 Å². The standard InChI is InChI=1S/C55H58O12/c1-37-47(58-32-38-16-8-4-9-17-38)50(52(61-34-40-20-12-6-13-21-40)54(63-37)64-45-30-28-44(57-3)29-31-45)67-55-51(60-33-39-18-10-5-11-19-39)49(59-35-41-24-26-43(56-2)27-25-41)48-46(65-55)36-62-53(66-48)42-22-14-7-15-23-42/h4-31,37,46-55H,32-36H2,1-3H3/t37-,46+,47-,48+,49-,50+,51+,52+,53+,54-,55-/m0/s1. The zero-order valence-corrected chi connectivity index (χ0v) is 38.0. The molecule has 12 heteroatoms. The van der Waals surface area contributed by atoms with Gasteiger partial charge in [-0.05, 0) is 65.6 Å². The highest BCUT2D eigenvalue weighted by Crippen LogP contribution is 2.40. The van der Waals surface area contributed by atoms with E-state index in [1.807, 2.05) is 177 Å². The molecule has 0 spiro atoms. The number of fused-ring (bicyclic) bond motifs is 1. The summed E-state index contributed by atoms with van der Waals surface area (Å²) < 4.78 is 79.7. The second-order valence-electron chi connectivity index (χ2n) is 16.7. The van der Waals surface area contributed by atoms with Gasteiger partial charge in [0.15, 0.2) is 12.6 Å². The molecule has 67 heavy (non-hydrogen) atoms. The zero-order valence-electron chi connectivity index (χ0n) is 38.0. The highest BCUT2D eigenvalue weighted by molar-refractivity contribution is 5.31. The van der Waals surface area contributed by atoms with Crippen LogP contribution in [0.2, 0.25) is 0 Å². The number of ether oxygens (including phenoxy) is 12. The Morgan fingerprint density at radius 1 is 0.433 bits per heavy atom. The summed E-state index contributed by atoms with van der Waals surface area (Å²) >= 11 is 0. The molecule has 0 N–H and O–H groups in total. The van der Waals surface area contributed by atoms with Gasteiger partial charge in [0.25, 0.3) is 0 Å².